The van der Waals surface area contributed by atoms with Crippen LogP contribution in [0.2, 0.25) is 0 Å². The molecule has 3 heterocycles. The van der Waals surface area contributed by atoms with Crippen LogP contribution < -0.4 is 4.90 Å². The van der Waals surface area contributed by atoms with E-state index in [9.17, 15) is 0 Å². The first-order chi connectivity index (χ1) is 24.8. The minimum absolute atomic E-state index is 0.114. The van der Waals surface area contributed by atoms with E-state index in [0.717, 1.165) is 25.7 Å². The molecule has 7 atom stereocenters. The average Bonchev–Trinajstić information content (AvgIpc) is 3.83. The summed E-state index contributed by atoms with van der Waals surface area (Å²) < 4.78 is 9.43. The van der Waals surface area contributed by atoms with Crippen LogP contribution in [0, 0.1) is 17.8 Å². The number of fused-ring (bicyclic) bond motifs is 11. The van der Waals surface area contributed by atoms with Crippen LogP contribution in [0.5, 0.6) is 0 Å². The van der Waals surface area contributed by atoms with Gasteiger partial charge >= 0.3 is 0 Å². The zero-order valence-electron chi connectivity index (χ0n) is 28.1. The Morgan fingerprint density at radius 2 is 1.58 bits per heavy atom. The van der Waals surface area contributed by atoms with Gasteiger partial charge in [0.05, 0.1) is 17.8 Å². The number of hydrogen-bond donors (Lipinski definition) is 0. The predicted octanol–water partition coefficient (Wildman–Crippen LogP) is 9.87. The maximum Gasteiger partial charge on any atom is 0.127 e. The Morgan fingerprint density at radius 1 is 0.740 bits per heavy atom. The summed E-state index contributed by atoms with van der Waals surface area (Å²) in [6.45, 7) is 0. The lowest BCUT2D eigenvalue weighted by molar-refractivity contribution is 0.132. The van der Waals surface area contributed by atoms with Crippen LogP contribution in [-0.4, -0.2) is 22.8 Å². The molecule has 1 fully saturated rings. The van der Waals surface area contributed by atoms with Crippen molar-refractivity contribution < 1.29 is 4.74 Å². The van der Waals surface area contributed by atoms with Crippen molar-refractivity contribution in [2.75, 3.05) is 4.90 Å². The molecule has 5 unspecified atom stereocenters. The largest absolute Gasteiger partial charge is 0.489 e. The number of rotatable bonds is 4. The molecule has 50 heavy (non-hydrogen) atoms. The van der Waals surface area contributed by atoms with Gasteiger partial charge in [-0.15, -0.1) is 0 Å². The Balaban J connectivity index is 1.02. The van der Waals surface area contributed by atoms with Crippen molar-refractivity contribution in [2.45, 2.75) is 49.8 Å². The molecule has 3 heteroatoms. The van der Waals surface area contributed by atoms with Crippen molar-refractivity contribution in [1.82, 2.24) is 4.57 Å². The molecule has 3 nitrogen and oxygen atoms in total. The molecule has 3 aromatic carbocycles. The Kier molecular flexibility index (Phi) is 6.35. The lowest BCUT2D eigenvalue weighted by Crippen LogP contribution is -2.37. The van der Waals surface area contributed by atoms with Crippen molar-refractivity contribution in [3.8, 4) is 16.9 Å². The van der Waals surface area contributed by atoms with Gasteiger partial charge in [-0.3, -0.25) is 0 Å². The molecule has 0 N–H and O–H groups in total. The van der Waals surface area contributed by atoms with Crippen LogP contribution in [-0.2, 0) is 24.0 Å². The van der Waals surface area contributed by atoms with Gasteiger partial charge in [-0.1, -0.05) is 127 Å². The van der Waals surface area contributed by atoms with Crippen LogP contribution >= 0.6 is 0 Å². The molecule has 2 aliphatic heterocycles. The van der Waals surface area contributed by atoms with E-state index < -0.39 is 0 Å². The Labute approximate surface area is 294 Å². The van der Waals surface area contributed by atoms with Crippen LogP contribution in [0.15, 0.2) is 157 Å². The second-order valence-electron chi connectivity index (χ2n) is 15.0. The molecule has 1 saturated heterocycles. The Bertz CT molecular complexity index is 2260. The lowest BCUT2D eigenvalue weighted by atomic mass is 9.77. The summed E-state index contributed by atoms with van der Waals surface area (Å²) in [5, 5.41) is 0. The normalized spacial score (nSPS) is 28.8. The van der Waals surface area contributed by atoms with Gasteiger partial charge in [0, 0.05) is 46.0 Å². The highest BCUT2D eigenvalue weighted by Gasteiger charge is 2.53. The van der Waals surface area contributed by atoms with Crippen molar-refractivity contribution in [2.24, 2.45) is 17.8 Å². The summed E-state index contributed by atoms with van der Waals surface area (Å²) in [7, 11) is 0. The summed E-state index contributed by atoms with van der Waals surface area (Å²) >= 11 is 0. The quantitative estimate of drug-likeness (QED) is 0.219. The maximum absolute atomic E-state index is 6.80. The van der Waals surface area contributed by atoms with E-state index in [1.807, 2.05) is 0 Å². The fourth-order valence-electron chi connectivity index (χ4n) is 10.4. The highest BCUT2D eigenvalue weighted by molar-refractivity contribution is 5.81. The van der Waals surface area contributed by atoms with Crippen molar-refractivity contribution in [3.63, 3.8) is 0 Å². The maximum atomic E-state index is 6.80. The summed E-state index contributed by atoms with van der Waals surface area (Å²) in [5.41, 5.74) is 14.0. The molecular formula is C47H40N2O. The molecule has 7 aliphatic rings. The molecule has 0 saturated carbocycles. The van der Waals surface area contributed by atoms with Crippen LogP contribution in [0.25, 0.3) is 23.0 Å². The van der Waals surface area contributed by atoms with E-state index in [1.165, 1.54) is 61.9 Å². The third-order valence-corrected chi connectivity index (χ3v) is 12.4. The van der Waals surface area contributed by atoms with Crippen molar-refractivity contribution in [1.29, 1.82) is 0 Å². The SMILES string of the molecule is C1=CC2OC3=C(C=C[C@@H]4C3C3C=CC=CC3N4c3cccc(-n4c5c(c6c4-c4ccccc4[C@@H](Cc4ccccc4)C6)C=CCC5)c3)C2C=C1. The summed E-state index contributed by atoms with van der Waals surface area (Å²) in [6, 6.07) is 30.2. The predicted molar refractivity (Wildman–Crippen MR) is 203 cm³/mol. The van der Waals surface area contributed by atoms with Crippen molar-refractivity contribution >= 4 is 11.8 Å². The fraction of sp³-hybridized carbons (Fsp3) is 0.234. The number of ether oxygens (including phenoxy) is 1. The van der Waals surface area contributed by atoms with Gasteiger partial charge in [0.15, 0.2) is 0 Å². The molecule has 11 rings (SSSR count). The minimum Gasteiger partial charge on any atom is -0.489 e. The summed E-state index contributed by atoms with van der Waals surface area (Å²) in [6.07, 6.45) is 32.2. The first-order valence-corrected chi connectivity index (χ1v) is 18.6. The highest BCUT2D eigenvalue weighted by atomic mass is 16.5. The first-order valence-electron chi connectivity index (χ1n) is 18.6. The minimum atomic E-state index is 0.114. The van der Waals surface area contributed by atoms with Crippen molar-refractivity contribution in [3.05, 3.63) is 185 Å². The van der Waals surface area contributed by atoms with E-state index in [4.69, 9.17) is 4.74 Å². The average molecular weight is 649 g/mol. The van der Waals surface area contributed by atoms with E-state index in [2.05, 4.69) is 161 Å². The second kappa shape index (κ2) is 11.1. The van der Waals surface area contributed by atoms with Gasteiger partial charge in [0.25, 0.3) is 0 Å². The molecule has 0 spiro atoms. The first kappa shape index (κ1) is 28.5. The number of anilines is 1. The number of benzene rings is 3. The summed E-state index contributed by atoms with van der Waals surface area (Å²) in [4.78, 5) is 2.68. The molecule has 0 bridgehead atoms. The van der Waals surface area contributed by atoms with E-state index >= 15 is 0 Å². The number of hydrogen-bond acceptors (Lipinski definition) is 2. The van der Waals surface area contributed by atoms with Gasteiger partial charge < -0.3 is 14.2 Å². The smallest absolute Gasteiger partial charge is 0.127 e. The van der Waals surface area contributed by atoms with E-state index in [-0.39, 0.29) is 18.2 Å². The number of nitrogens with zero attached hydrogens (tertiary/aromatic N) is 2. The summed E-state index contributed by atoms with van der Waals surface area (Å²) in [5.74, 6) is 2.64. The van der Waals surface area contributed by atoms with Gasteiger partial charge in [-0.25, -0.2) is 0 Å². The second-order valence-corrected chi connectivity index (χ2v) is 15.0. The van der Waals surface area contributed by atoms with E-state index in [0.29, 0.717) is 23.7 Å². The fourth-order valence-corrected chi connectivity index (χ4v) is 10.4. The zero-order chi connectivity index (χ0) is 32.8. The third kappa shape index (κ3) is 4.16. The van der Waals surface area contributed by atoms with Gasteiger partial charge in [0.1, 0.15) is 11.9 Å². The molecule has 1 aromatic heterocycles. The molecule has 244 valence electrons. The van der Waals surface area contributed by atoms with Crippen LogP contribution in [0.3, 0.4) is 0 Å². The molecule has 5 aliphatic carbocycles. The number of allylic oxidation sites excluding steroid dienone is 6. The third-order valence-electron chi connectivity index (χ3n) is 12.4. The standard InChI is InChI=1S/C47H40N2O/c1-2-13-30(14-3-1)27-31-28-40-35-18-6-9-22-41(35)49(46(40)37-20-5-4-17-34(31)37)33-16-12-15-32(29-33)48-42-23-10-7-21-39(42)45-43(48)26-25-38-36-19-8-11-24-44(36)50-47(38)45/h1-8,10-21,23-26,29,31,36,39,42-45H,9,22,27-28H2/t31-,36?,39?,42?,43+,44?,45?/m0/s1. The molecular weight excluding hydrogens is 609 g/mol. The topological polar surface area (TPSA) is 17.4 Å². The molecule has 0 amide bonds. The number of aromatic nitrogens is 1. The highest BCUT2D eigenvalue weighted by Crippen LogP contribution is 2.53. The van der Waals surface area contributed by atoms with Gasteiger partial charge in [-0.05, 0) is 78.1 Å². The van der Waals surface area contributed by atoms with E-state index in [1.54, 1.807) is 0 Å². The zero-order valence-corrected chi connectivity index (χ0v) is 28.1. The lowest BCUT2D eigenvalue weighted by Gasteiger charge is -2.33. The molecule has 0 radical (unpaired) electrons. The van der Waals surface area contributed by atoms with Crippen LogP contribution in [0.4, 0.5) is 5.69 Å². The monoisotopic (exact) mass is 648 g/mol. The van der Waals surface area contributed by atoms with Gasteiger partial charge in [-0.2, -0.15) is 0 Å². The molecule has 4 aromatic rings. The van der Waals surface area contributed by atoms with Gasteiger partial charge in [0.2, 0.25) is 0 Å². The van der Waals surface area contributed by atoms with Crippen LogP contribution in [0.1, 0.15) is 40.3 Å². The Hall–Kier alpha value is -5.28. The Morgan fingerprint density at radius 3 is 2.54 bits per heavy atom.